The predicted octanol–water partition coefficient (Wildman–Crippen LogP) is 3.88. The molecular weight excluding hydrogens is 330 g/mol. The molecule has 7 heteroatoms. The van der Waals surface area contributed by atoms with Crippen molar-refractivity contribution in [2.45, 2.75) is 37.4 Å². The molecule has 1 aromatic carbocycles. The van der Waals surface area contributed by atoms with Gasteiger partial charge in [-0.3, -0.25) is 10.1 Å². The summed E-state index contributed by atoms with van der Waals surface area (Å²) in [6, 6.07) is 6.00. The Bertz CT molecular complexity index is 693. The third-order valence-electron chi connectivity index (χ3n) is 3.13. The van der Waals surface area contributed by atoms with E-state index in [4.69, 9.17) is 4.74 Å². The van der Waals surface area contributed by atoms with Gasteiger partial charge in [0.2, 0.25) is 5.13 Å². The molecular formula is C16H21N3O2S2. The molecule has 0 saturated carbocycles. The number of hydrogen-bond donors (Lipinski definition) is 1. The third kappa shape index (κ3) is 4.94. The van der Waals surface area contributed by atoms with Crippen LogP contribution in [0.1, 0.15) is 31.9 Å². The van der Waals surface area contributed by atoms with E-state index < -0.39 is 0 Å². The molecule has 0 bridgehead atoms. The first kappa shape index (κ1) is 17.7. The van der Waals surface area contributed by atoms with Crippen LogP contribution in [0.25, 0.3) is 0 Å². The lowest BCUT2D eigenvalue weighted by atomic mass is 9.85. The van der Waals surface area contributed by atoms with Crippen LogP contribution in [0.3, 0.4) is 0 Å². The average Bonchev–Trinajstić information content (AvgIpc) is 2.92. The monoisotopic (exact) mass is 351 g/mol. The summed E-state index contributed by atoms with van der Waals surface area (Å²) < 4.78 is 6.54. The highest BCUT2D eigenvalue weighted by Gasteiger charge is 2.20. The molecule has 23 heavy (non-hydrogen) atoms. The first-order valence-corrected chi connectivity index (χ1v) is 9.25. The van der Waals surface area contributed by atoms with E-state index in [9.17, 15) is 4.79 Å². The molecule has 2 rings (SSSR count). The van der Waals surface area contributed by atoms with E-state index in [2.05, 4.69) is 42.4 Å². The summed E-state index contributed by atoms with van der Waals surface area (Å²) in [5, 5.41) is 11.0. The second-order valence-electron chi connectivity index (χ2n) is 6.16. The van der Waals surface area contributed by atoms with Gasteiger partial charge < -0.3 is 4.74 Å². The number of ether oxygens (including phenoxy) is 1. The van der Waals surface area contributed by atoms with Gasteiger partial charge in [-0.2, -0.15) is 0 Å². The van der Waals surface area contributed by atoms with E-state index >= 15 is 0 Å². The number of rotatable bonds is 5. The zero-order valence-electron chi connectivity index (χ0n) is 14.0. The molecule has 2 aromatic rings. The van der Waals surface area contributed by atoms with Crippen molar-refractivity contribution in [3.8, 4) is 5.75 Å². The highest BCUT2D eigenvalue weighted by atomic mass is 32.2. The molecule has 0 spiro atoms. The van der Waals surface area contributed by atoms with Crippen molar-refractivity contribution in [3.05, 3.63) is 29.3 Å². The quantitative estimate of drug-likeness (QED) is 0.654. The van der Waals surface area contributed by atoms with Crippen LogP contribution >= 0.6 is 23.1 Å². The van der Waals surface area contributed by atoms with Crippen LogP contribution in [-0.2, 0) is 10.2 Å². The summed E-state index contributed by atoms with van der Waals surface area (Å²) in [5.74, 6) is 0.495. The molecule has 1 heterocycles. The first-order chi connectivity index (χ1) is 10.8. The molecule has 0 aliphatic heterocycles. The summed E-state index contributed by atoms with van der Waals surface area (Å²) in [5.41, 5.74) is 2.21. The van der Waals surface area contributed by atoms with E-state index in [0.29, 0.717) is 5.13 Å². The lowest BCUT2D eigenvalue weighted by Gasteiger charge is -2.23. The van der Waals surface area contributed by atoms with Crippen LogP contribution in [0.2, 0.25) is 0 Å². The smallest absolute Gasteiger partial charge is 0.264 e. The van der Waals surface area contributed by atoms with E-state index in [1.165, 1.54) is 28.7 Å². The minimum atomic E-state index is -0.241. The SMILES string of the molecule is CSc1nnc(NC(=O)COc2ccc(C)cc2C(C)(C)C)s1. The van der Waals surface area contributed by atoms with Gasteiger partial charge in [-0.15, -0.1) is 10.2 Å². The van der Waals surface area contributed by atoms with Crippen molar-refractivity contribution >= 4 is 34.1 Å². The Morgan fingerprint density at radius 2 is 2.09 bits per heavy atom. The van der Waals surface area contributed by atoms with Crippen molar-refractivity contribution in [1.29, 1.82) is 0 Å². The molecule has 1 amide bonds. The Balaban J connectivity index is 2.01. The van der Waals surface area contributed by atoms with Crippen LogP contribution in [0.5, 0.6) is 5.75 Å². The van der Waals surface area contributed by atoms with Crippen LogP contribution in [0.4, 0.5) is 5.13 Å². The number of amides is 1. The molecule has 1 aromatic heterocycles. The Morgan fingerprint density at radius 3 is 2.70 bits per heavy atom. The van der Waals surface area contributed by atoms with Gasteiger partial charge in [0.15, 0.2) is 10.9 Å². The maximum atomic E-state index is 12.0. The van der Waals surface area contributed by atoms with Gasteiger partial charge in [0, 0.05) is 0 Å². The van der Waals surface area contributed by atoms with Gasteiger partial charge in [-0.05, 0) is 30.2 Å². The summed E-state index contributed by atoms with van der Waals surface area (Å²) >= 11 is 2.84. The summed E-state index contributed by atoms with van der Waals surface area (Å²) in [6.45, 7) is 8.37. The normalized spacial score (nSPS) is 11.3. The average molecular weight is 351 g/mol. The van der Waals surface area contributed by atoms with E-state index in [0.717, 1.165) is 15.7 Å². The topological polar surface area (TPSA) is 64.1 Å². The standard InChI is InChI=1S/C16H21N3O2S2/c1-10-6-7-12(11(8-10)16(2,3)4)21-9-13(20)17-14-18-19-15(22-5)23-14/h6-8H,9H2,1-5H3,(H,17,18,20). The van der Waals surface area contributed by atoms with Crippen LogP contribution in [0.15, 0.2) is 22.5 Å². The summed E-state index contributed by atoms with van der Waals surface area (Å²) in [4.78, 5) is 12.0. The van der Waals surface area contributed by atoms with Gasteiger partial charge in [0.1, 0.15) is 5.75 Å². The van der Waals surface area contributed by atoms with Crippen molar-refractivity contribution in [1.82, 2.24) is 10.2 Å². The van der Waals surface area contributed by atoms with E-state index in [-0.39, 0.29) is 17.9 Å². The lowest BCUT2D eigenvalue weighted by molar-refractivity contribution is -0.118. The predicted molar refractivity (Wildman–Crippen MR) is 95.7 cm³/mol. The molecule has 1 N–H and O–H groups in total. The van der Waals surface area contributed by atoms with Crippen LogP contribution in [-0.4, -0.2) is 29.0 Å². The van der Waals surface area contributed by atoms with Crippen molar-refractivity contribution in [2.75, 3.05) is 18.2 Å². The van der Waals surface area contributed by atoms with Gasteiger partial charge >= 0.3 is 0 Å². The molecule has 0 fully saturated rings. The molecule has 0 unspecified atom stereocenters. The number of aromatic nitrogens is 2. The number of carbonyl (C=O) groups is 1. The van der Waals surface area contributed by atoms with Crippen LogP contribution in [0, 0.1) is 6.92 Å². The number of nitrogens with one attached hydrogen (secondary N) is 1. The molecule has 0 saturated heterocycles. The Hall–Kier alpha value is -1.60. The Labute approximate surface area is 144 Å². The number of benzene rings is 1. The number of aryl methyl sites for hydroxylation is 1. The van der Waals surface area contributed by atoms with E-state index in [1.54, 1.807) is 0 Å². The third-order valence-corrected chi connectivity index (χ3v) is 4.94. The second-order valence-corrected chi connectivity index (χ2v) is 8.19. The molecule has 0 aliphatic carbocycles. The highest BCUT2D eigenvalue weighted by Crippen LogP contribution is 2.32. The minimum absolute atomic E-state index is 0.0513. The molecule has 0 radical (unpaired) electrons. The zero-order chi connectivity index (χ0) is 17.0. The maximum Gasteiger partial charge on any atom is 0.264 e. The fourth-order valence-corrected chi connectivity index (χ4v) is 3.18. The zero-order valence-corrected chi connectivity index (χ0v) is 15.6. The highest BCUT2D eigenvalue weighted by molar-refractivity contribution is 8.00. The van der Waals surface area contributed by atoms with Gasteiger partial charge in [-0.1, -0.05) is 61.6 Å². The summed E-state index contributed by atoms with van der Waals surface area (Å²) in [6.07, 6.45) is 1.92. The van der Waals surface area contributed by atoms with Crippen molar-refractivity contribution < 1.29 is 9.53 Å². The molecule has 124 valence electrons. The number of nitrogens with zero attached hydrogens (tertiary/aromatic N) is 2. The van der Waals surface area contributed by atoms with Crippen LogP contribution < -0.4 is 10.1 Å². The maximum absolute atomic E-state index is 12.0. The largest absolute Gasteiger partial charge is 0.483 e. The molecule has 0 aliphatic rings. The van der Waals surface area contributed by atoms with Gasteiger partial charge in [0.25, 0.3) is 5.91 Å². The van der Waals surface area contributed by atoms with Crippen molar-refractivity contribution in [2.24, 2.45) is 0 Å². The number of hydrogen-bond acceptors (Lipinski definition) is 6. The van der Waals surface area contributed by atoms with Gasteiger partial charge in [-0.25, -0.2) is 0 Å². The summed E-state index contributed by atoms with van der Waals surface area (Å²) in [7, 11) is 0. The van der Waals surface area contributed by atoms with Gasteiger partial charge in [0.05, 0.1) is 0 Å². The number of thioether (sulfide) groups is 1. The fraction of sp³-hybridized carbons (Fsp3) is 0.438. The second kappa shape index (κ2) is 7.31. The Morgan fingerprint density at radius 1 is 1.35 bits per heavy atom. The first-order valence-electron chi connectivity index (χ1n) is 7.21. The molecule has 0 atom stereocenters. The number of anilines is 1. The Kier molecular flexibility index (Phi) is 5.64. The minimum Gasteiger partial charge on any atom is -0.483 e. The van der Waals surface area contributed by atoms with E-state index in [1.807, 2.05) is 25.3 Å². The lowest BCUT2D eigenvalue weighted by Crippen LogP contribution is -2.22. The molecule has 5 nitrogen and oxygen atoms in total. The number of carbonyl (C=O) groups excluding carboxylic acids is 1. The van der Waals surface area contributed by atoms with Crippen molar-refractivity contribution in [3.63, 3.8) is 0 Å². The fourth-order valence-electron chi connectivity index (χ4n) is 2.00.